The lowest BCUT2D eigenvalue weighted by molar-refractivity contribution is -0.118. The van der Waals surface area contributed by atoms with E-state index in [0.717, 1.165) is 22.4 Å². The van der Waals surface area contributed by atoms with Gasteiger partial charge in [-0.05, 0) is 30.2 Å². The van der Waals surface area contributed by atoms with Crippen molar-refractivity contribution in [3.63, 3.8) is 0 Å². The fraction of sp³-hybridized carbons (Fsp3) is 0.533. The molecule has 0 unspecified atom stereocenters. The van der Waals surface area contributed by atoms with Gasteiger partial charge in [0.2, 0.25) is 5.91 Å². The van der Waals surface area contributed by atoms with Gasteiger partial charge < -0.3 is 5.32 Å². The number of carbonyl (C=O) groups excluding carboxylic acids is 1. The highest BCUT2D eigenvalue weighted by atomic mass is 32.2. The molecule has 1 aliphatic carbocycles. The predicted molar refractivity (Wildman–Crippen MR) is 90.2 cm³/mol. The third-order valence-electron chi connectivity index (χ3n) is 3.36. The maximum absolute atomic E-state index is 11.9. The summed E-state index contributed by atoms with van der Waals surface area (Å²) in [5.41, 5.74) is 0. The van der Waals surface area contributed by atoms with Crippen molar-refractivity contribution < 1.29 is 4.79 Å². The van der Waals surface area contributed by atoms with Crippen molar-refractivity contribution in [3.8, 4) is 10.7 Å². The Morgan fingerprint density at radius 1 is 1.50 bits per heavy atom. The van der Waals surface area contributed by atoms with Crippen LogP contribution in [-0.4, -0.2) is 33.0 Å². The Labute approximate surface area is 138 Å². The summed E-state index contributed by atoms with van der Waals surface area (Å²) in [6.07, 6.45) is 2.34. The van der Waals surface area contributed by atoms with E-state index in [2.05, 4.69) is 40.0 Å². The molecule has 0 spiro atoms. The van der Waals surface area contributed by atoms with Crippen LogP contribution in [0.5, 0.6) is 0 Å². The highest BCUT2D eigenvalue weighted by Crippen LogP contribution is 2.41. The van der Waals surface area contributed by atoms with Crippen molar-refractivity contribution in [2.75, 3.05) is 12.3 Å². The molecule has 1 N–H and O–H groups in total. The Bertz CT molecular complexity index is 632. The molecule has 118 valence electrons. The number of nitrogens with one attached hydrogen (secondary N) is 1. The van der Waals surface area contributed by atoms with E-state index in [4.69, 9.17) is 0 Å². The first-order valence-corrected chi connectivity index (χ1v) is 9.40. The smallest absolute Gasteiger partial charge is 0.230 e. The monoisotopic (exact) mass is 336 g/mol. The summed E-state index contributed by atoms with van der Waals surface area (Å²) in [6.45, 7) is 4.89. The number of rotatable bonds is 7. The molecule has 3 rings (SSSR count). The molecule has 5 nitrogen and oxygen atoms in total. The number of amides is 1. The molecule has 0 bridgehead atoms. The fourth-order valence-corrected chi connectivity index (χ4v) is 3.65. The second-order valence-electron chi connectivity index (χ2n) is 5.87. The maximum atomic E-state index is 11.9. The van der Waals surface area contributed by atoms with Gasteiger partial charge in [-0.1, -0.05) is 31.7 Å². The van der Waals surface area contributed by atoms with Gasteiger partial charge in [0.15, 0.2) is 11.0 Å². The summed E-state index contributed by atoms with van der Waals surface area (Å²) < 4.78 is 2.20. The largest absolute Gasteiger partial charge is 0.355 e. The normalized spacial score (nSPS) is 14.5. The van der Waals surface area contributed by atoms with Crippen LogP contribution < -0.4 is 5.32 Å². The zero-order valence-corrected chi connectivity index (χ0v) is 14.4. The second-order valence-corrected chi connectivity index (χ2v) is 7.76. The number of hydrogen-bond donors (Lipinski definition) is 1. The zero-order valence-electron chi connectivity index (χ0n) is 12.8. The van der Waals surface area contributed by atoms with Crippen LogP contribution in [0.1, 0.15) is 32.7 Å². The second kappa shape index (κ2) is 6.83. The average Bonchev–Trinajstić information content (AvgIpc) is 3.02. The minimum absolute atomic E-state index is 0.0571. The van der Waals surface area contributed by atoms with Gasteiger partial charge in [-0.3, -0.25) is 9.36 Å². The lowest BCUT2D eigenvalue weighted by atomic mass is 10.2. The van der Waals surface area contributed by atoms with E-state index in [-0.39, 0.29) is 5.91 Å². The van der Waals surface area contributed by atoms with E-state index in [1.807, 2.05) is 11.4 Å². The molecular weight excluding hydrogens is 316 g/mol. The summed E-state index contributed by atoms with van der Waals surface area (Å²) >= 11 is 3.15. The quantitative estimate of drug-likeness (QED) is 0.789. The first kappa shape index (κ1) is 15.6. The highest BCUT2D eigenvalue weighted by Gasteiger charge is 2.30. The Balaban J connectivity index is 1.68. The molecule has 1 fully saturated rings. The van der Waals surface area contributed by atoms with E-state index in [9.17, 15) is 4.79 Å². The molecule has 0 aliphatic heterocycles. The molecule has 2 heterocycles. The van der Waals surface area contributed by atoms with E-state index in [0.29, 0.717) is 17.7 Å². The number of thiophene rings is 1. The van der Waals surface area contributed by atoms with Crippen LogP contribution >= 0.6 is 23.1 Å². The van der Waals surface area contributed by atoms with E-state index >= 15 is 0 Å². The third kappa shape index (κ3) is 3.70. The lowest BCUT2D eigenvalue weighted by Crippen LogP contribution is -2.28. The zero-order chi connectivity index (χ0) is 15.5. The number of aromatic nitrogens is 3. The fourth-order valence-electron chi connectivity index (χ4n) is 2.11. The molecule has 0 saturated heterocycles. The summed E-state index contributed by atoms with van der Waals surface area (Å²) in [7, 11) is 0. The molecule has 0 radical (unpaired) electrons. The molecular formula is C15H20N4OS2. The van der Waals surface area contributed by atoms with Crippen molar-refractivity contribution in [1.29, 1.82) is 0 Å². The van der Waals surface area contributed by atoms with Crippen molar-refractivity contribution in [2.24, 2.45) is 5.92 Å². The minimum atomic E-state index is 0.0571. The number of thioether (sulfide) groups is 1. The number of nitrogens with zero attached hydrogens (tertiary/aromatic N) is 3. The predicted octanol–water partition coefficient (Wildman–Crippen LogP) is 3.21. The van der Waals surface area contributed by atoms with Gasteiger partial charge >= 0.3 is 0 Å². The van der Waals surface area contributed by atoms with Crippen LogP contribution in [0.15, 0.2) is 22.7 Å². The van der Waals surface area contributed by atoms with E-state index in [1.54, 1.807) is 11.3 Å². The van der Waals surface area contributed by atoms with E-state index < -0.39 is 0 Å². The first-order chi connectivity index (χ1) is 10.6. The van der Waals surface area contributed by atoms with Crippen LogP contribution in [-0.2, 0) is 4.79 Å². The topological polar surface area (TPSA) is 59.8 Å². The molecule has 1 aliphatic rings. The van der Waals surface area contributed by atoms with Crippen molar-refractivity contribution in [1.82, 2.24) is 20.1 Å². The Kier molecular flexibility index (Phi) is 4.83. The first-order valence-electron chi connectivity index (χ1n) is 7.53. The van der Waals surface area contributed by atoms with Gasteiger partial charge in [0.1, 0.15) is 0 Å². The van der Waals surface area contributed by atoms with Gasteiger partial charge in [0, 0.05) is 12.6 Å². The summed E-state index contributed by atoms with van der Waals surface area (Å²) in [6, 6.07) is 4.59. The molecule has 7 heteroatoms. The number of hydrogen-bond acceptors (Lipinski definition) is 5. The van der Waals surface area contributed by atoms with Gasteiger partial charge in [-0.2, -0.15) is 0 Å². The van der Waals surface area contributed by atoms with Crippen molar-refractivity contribution in [3.05, 3.63) is 17.5 Å². The highest BCUT2D eigenvalue weighted by molar-refractivity contribution is 7.99. The standard InChI is InChI=1S/C15H20N4OS2/c1-10(2)8-16-13(20)9-22-15-18-17-14(12-4-3-7-21-12)19(15)11-5-6-11/h3-4,7,10-11H,5-6,8-9H2,1-2H3,(H,16,20). The average molecular weight is 336 g/mol. The van der Waals surface area contributed by atoms with E-state index in [1.165, 1.54) is 24.6 Å². The third-order valence-corrected chi connectivity index (χ3v) is 5.17. The van der Waals surface area contributed by atoms with Crippen LogP contribution in [0.2, 0.25) is 0 Å². The van der Waals surface area contributed by atoms with Crippen LogP contribution in [0.3, 0.4) is 0 Å². The molecule has 0 atom stereocenters. The molecule has 22 heavy (non-hydrogen) atoms. The van der Waals surface area contributed by atoms with Crippen LogP contribution in [0, 0.1) is 5.92 Å². The van der Waals surface area contributed by atoms with Gasteiger partial charge in [-0.15, -0.1) is 21.5 Å². The van der Waals surface area contributed by atoms with Crippen LogP contribution in [0.4, 0.5) is 0 Å². The molecule has 2 aromatic rings. The Morgan fingerprint density at radius 2 is 2.32 bits per heavy atom. The summed E-state index contributed by atoms with van der Waals surface area (Å²) in [4.78, 5) is 13.0. The molecule has 1 amide bonds. The van der Waals surface area contributed by atoms with Gasteiger partial charge in [0.05, 0.1) is 10.6 Å². The molecule has 2 aromatic heterocycles. The van der Waals surface area contributed by atoms with Gasteiger partial charge in [0.25, 0.3) is 0 Å². The van der Waals surface area contributed by atoms with Crippen molar-refractivity contribution >= 4 is 29.0 Å². The minimum Gasteiger partial charge on any atom is -0.355 e. The maximum Gasteiger partial charge on any atom is 0.230 e. The summed E-state index contributed by atoms with van der Waals surface area (Å²) in [5.74, 6) is 1.85. The lowest BCUT2D eigenvalue weighted by Gasteiger charge is -2.09. The summed E-state index contributed by atoms with van der Waals surface area (Å²) in [5, 5.41) is 14.5. The Morgan fingerprint density at radius 3 is 2.95 bits per heavy atom. The van der Waals surface area contributed by atoms with Crippen molar-refractivity contribution in [2.45, 2.75) is 37.9 Å². The number of carbonyl (C=O) groups is 1. The van der Waals surface area contributed by atoms with Gasteiger partial charge in [-0.25, -0.2) is 0 Å². The SMILES string of the molecule is CC(C)CNC(=O)CSc1nnc(-c2cccs2)n1C1CC1. The molecule has 0 aromatic carbocycles. The Hall–Kier alpha value is -1.34. The molecule has 1 saturated carbocycles. The van der Waals surface area contributed by atoms with Crippen LogP contribution in [0.25, 0.3) is 10.7 Å².